The minimum atomic E-state index is -4.64. The molecule has 0 saturated carbocycles. The molecule has 0 unspecified atom stereocenters. The second-order valence-corrected chi connectivity index (χ2v) is 6.89. The molecule has 0 bridgehead atoms. The Morgan fingerprint density at radius 2 is 1.91 bits per heavy atom. The molecule has 0 radical (unpaired) electrons. The zero-order valence-corrected chi connectivity index (χ0v) is 12.8. The van der Waals surface area contributed by atoms with E-state index in [1.54, 1.807) is 0 Å². The zero-order valence-electron chi connectivity index (χ0n) is 12.0. The molecule has 0 aliphatic carbocycles. The van der Waals surface area contributed by atoms with Crippen LogP contribution in [0.25, 0.3) is 0 Å². The molecule has 1 saturated heterocycles. The Hall–Kier alpha value is -1.65. The molecule has 6 nitrogen and oxygen atoms in total. The standard InChI is InChI=1S/C13H16F3N3O3S/c14-13(15,16)8-18-23(21,22)11-3-1-9(2-4-11)12(20)19-10-5-6-17-7-10/h1-4,10,17-18H,5-8H2,(H,19,20)/t10-/m0/s1. The molecule has 1 heterocycles. The van der Waals surface area contributed by atoms with Crippen molar-refractivity contribution >= 4 is 15.9 Å². The van der Waals surface area contributed by atoms with Crippen LogP contribution < -0.4 is 15.4 Å². The summed E-state index contributed by atoms with van der Waals surface area (Å²) in [4.78, 5) is 11.6. The highest BCUT2D eigenvalue weighted by molar-refractivity contribution is 7.89. The first-order valence-electron chi connectivity index (χ1n) is 6.85. The van der Waals surface area contributed by atoms with Gasteiger partial charge in [-0.2, -0.15) is 13.2 Å². The molecule has 1 amide bonds. The van der Waals surface area contributed by atoms with Crippen molar-refractivity contribution in [3.8, 4) is 0 Å². The average Bonchev–Trinajstić information content (AvgIpc) is 2.98. The third-order valence-corrected chi connectivity index (χ3v) is 4.70. The Morgan fingerprint density at radius 3 is 2.43 bits per heavy atom. The van der Waals surface area contributed by atoms with E-state index in [1.165, 1.54) is 16.9 Å². The fourth-order valence-corrected chi connectivity index (χ4v) is 3.11. The number of hydrogen-bond acceptors (Lipinski definition) is 4. The van der Waals surface area contributed by atoms with Crippen molar-refractivity contribution in [3.63, 3.8) is 0 Å². The van der Waals surface area contributed by atoms with Crippen LogP contribution in [0.5, 0.6) is 0 Å². The highest BCUT2D eigenvalue weighted by Gasteiger charge is 2.30. The van der Waals surface area contributed by atoms with E-state index in [1.807, 2.05) is 0 Å². The van der Waals surface area contributed by atoms with E-state index in [0.717, 1.165) is 25.1 Å². The minimum Gasteiger partial charge on any atom is -0.348 e. The van der Waals surface area contributed by atoms with Gasteiger partial charge in [0.05, 0.1) is 4.90 Å². The van der Waals surface area contributed by atoms with Gasteiger partial charge in [0.25, 0.3) is 5.91 Å². The van der Waals surface area contributed by atoms with Crippen LogP contribution >= 0.6 is 0 Å². The number of hydrogen-bond donors (Lipinski definition) is 3. The molecule has 1 atom stereocenters. The van der Waals surface area contributed by atoms with Crippen molar-refractivity contribution in [1.29, 1.82) is 0 Å². The first kappa shape index (κ1) is 17.7. The van der Waals surface area contributed by atoms with Crippen LogP contribution in [0, 0.1) is 0 Å². The molecule has 128 valence electrons. The molecule has 10 heteroatoms. The number of alkyl halides is 3. The maximum absolute atomic E-state index is 12.1. The topological polar surface area (TPSA) is 87.3 Å². The van der Waals surface area contributed by atoms with Gasteiger partial charge in [-0.15, -0.1) is 0 Å². The number of carbonyl (C=O) groups excluding carboxylic acids is 1. The van der Waals surface area contributed by atoms with E-state index in [9.17, 15) is 26.4 Å². The number of amides is 1. The van der Waals surface area contributed by atoms with Crippen molar-refractivity contribution in [2.75, 3.05) is 19.6 Å². The van der Waals surface area contributed by atoms with E-state index in [2.05, 4.69) is 10.6 Å². The molecule has 1 aromatic rings. The van der Waals surface area contributed by atoms with Gasteiger partial charge in [0.15, 0.2) is 0 Å². The summed E-state index contributed by atoms with van der Waals surface area (Å²) >= 11 is 0. The second-order valence-electron chi connectivity index (χ2n) is 5.13. The van der Waals surface area contributed by atoms with Crippen LogP contribution in [0.4, 0.5) is 13.2 Å². The molecule has 0 spiro atoms. The van der Waals surface area contributed by atoms with Crippen LogP contribution in [0.1, 0.15) is 16.8 Å². The number of nitrogens with one attached hydrogen (secondary N) is 3. The summed E-state index contributed by atoms with van der Waals surface area (Å²) < 4.78 is 61.1. The third kappa shape index (κ3) is 5.19. The molecular formula is C13H16F3N3O3S. The van der Waals surface area contributed by atoms with Crippen LogP contribution in [-0.4, -0.2) is 46.2 Å². The second kappa shape index (κ2) is 6.85. The zero-order chi connectivity index (χ0) is 17.1. The molecule has 1 aliphatic heterocycles. The summed E-state index contributed by atoms with van der Waals surface area (Å²) in [5, 5.41) is 5.87. The number of sulfonamides is 1. The van der Waals surface area contributed by atoms with E-state index >= 15 is 0 Å². The maximum atomic E-state index is 12.1. The Morgan fingerprint density at radius 1 is 1.26 bits per heavy atom. The van der Waals surface area contributed by atoms with Gasteiger partial charge in [0.1, 0.15) is 6.54 Å². The first-order chi connectivity index (χ1) is 10.7. The van der Waals surface area contributed by atoms with E-state index in [0.29, 0.717) is 6.54 Å². The summed E-state index contributed by atoms with van der Waals surface area (Å²) in [6, 6.07) is 4.74. The Kier molecular flexibility index (Phi) is 5.27. The number of halogens is 3. The van der Waals surface area contributed by atoms with Gasteiger partial charge < -0.3 is 10.6 Å². The predicted octanol–water partition coefficient (Wildman–Crippen LogP) is 0.619. The molecular weight excluding hydrogens is 335 g/mol. The highest BCUT2D eigenvalue weighted by Crippen LogP contribution is 2.16. The van der Waals surface area contributed by atoms with Crippen molar-refractivity contribution in [2.45, 2.75) is 23.5 Å². The summed E-state index contributed by atoms with van der Waals surface area (Å²) in [7, 11) is -4.27. The molecule has 1 fully saturated rings. The summed E-state index contributed by atoms with van der Waals surface area (Å²) in [6.45, 7) is -0.168. The van der Waals surface area contributed by atoms with Gasteiger partial charge in [0.2, 0.25) is 10.0 Å². The third-order valence-electron chi connectivity index (χ3n) is 3.28. The molecule has 3 N–H and O–H groups in total. The Bertz CT molecular complexity index is 653. The normalized spacial score (nSPS) is 18.8. The van der Waals surface area contributed by atoms with Gasteiger partial charge >= 0.3 is 6.18 Å². The lowest BCUT2D eigenvalue weighted by Crippen LogP contribution is -2.36. The monoisotopic (exact) mass is 351 g/mol. The number of rotatable bonds is 5. The molecule has 23 heavy (non-hydrogen) atoms. The molecule has 2 rings (SSSR count). The Balaban J connectivity index is 2.01. The summed E-state index contributed by atoms with van der Waals surface area (Å²) in [5.41, 5.74) is 0.242. The van der Waals surface area contributed by atoms with Gasteiger partial charge in [-0.1, -0.05) is 0 Å². The predicted molar refractivity (Wildman–Crippen MR) is 76.4 cm³/mol. The minimum absolute atomic E-state index is 0.0133. The molecule has 1 aromatic carbocycles. The van der Waals surface area contributed by atoms with Gasteiger partial charge in [-0.05, 0) is 37.2 Å². The fraction of sp³-hybridized carbons (Fsp3) is 0.462. The smallest absolute Gasteiger partial charge is 0.348 e. The lowest BCUT2D eigenvalue weighted by molar-refractivity contribution is -0.121. The SMILES string of the molecule is O=C(N[C@H]1CCNC1)c1ccc(S(=O)(=O)NCC(F)(F)F)cc1. The quantitative estimate of drug-likeness (QED) is 0.726. The van der Waals surface area contributed by atoms with Crippen LogP contribution in [0.15, 0.2) is 29.2 Å². The van der Waals surface area contributed by atoms with Crippen molar-refractivity contribution in [3.05, 3.63) is 29.8 Å². The average molecular weight is 351 g/mol. The highest BCUT2D eigenvalue weighted by atomic mass is 32.2. The van der Waals surface area contributed by atoms with Crippen LogP contribution in [0.3, 0.4) is 0 Å². The summed E-state index contributed by atoms with van der Waals surface area (Å²) in [5.74, 6) is -0.356. The lowest BCUT2D eigenvalue weighted by Gasteiger charge is -2.12. The fourth-order valence-electron chi connectivity index (χ4n) is 2.09. The molecule has 1 aliphatic rings. The van der Waals surface area contributed by atoms with E-state index in [4.69, 9.17) is 0 Å². The van der Waals surface area contributed by atoms with Crippen LogP contribution in [0.2, 0.25) is 0 Å². The van der Waals surface area contributed by atoms with Gasteiger partial charge in [-0.3, -0.25) is 4.79 Å². The van der Waals surface area contributed by atoms with Crippen molar-refractivity contribution in [1.82, 2.24) is 15.4 Å². The Labute approximate surface area is 131 Å². The van der Waals surface area contributed by atoms with Crippen molar-refractivity contribution < 1.29 is 26.4 Å². The van der Waals surface area contributed by atoms with Crippen LogP contribution in [-0.2, 0) is 10.0 Å². The summed E-state index contributed by atoms with van der Waals surface area (Å²) in [6.07, 6.45) is -3.83. The van der Waals surface area contributed by atoms with E-state index in [-0.39, 0.29) is 22.4 Å². The van der Waals surface area contributed by atoms with Gasteiger partial charge in [0, 0.05) is 18.2 Å². The number of benzene rings is 1. The number of carbonyl (C=O) groups is 1. The largest absolute Gasteiger partial charge is 0.402 e. The first-order valence-corrected chi connectivity index (χ1v) is 8.34. The van der Waals surface area contributed by atoms with Gasteiger partial charge in [-0.25, -0.2) is 13.1 Å². The lowest BCUT2D eigenvalue weighted by atomic mass is 10.2. The van der Waals surface area contributed by atoms with Crippen molar-refractivity contribution in [2.24, 2.45) is 0 Å². The van der Waals surface area contributed by atoms with E-state index < -0.39 is 22.7 Å². The molecule has 0 aromatic heterocycles. The maximum Gasteiger partial charge on any atom is 0.402 e.